The number of likely N-dealkylation sites (tertiary alicyclic amines) is 1. The number of amides is 1. The Hall–Kier alpha value is -2.08. The maximum absolute atomic E-state index is 12.3. The number of nitrogens with zero attached hydrogens (tertiary/aromatic N) is 1. The minimum absolute atomic E-state index is 0.00759. The molecule has 0 aromatic heterocycles. The Labute approximate surface area is 109 Å². The van der Waals surface area contributed by atoms with Crippen LogP contribution in [0.2, 0.25) is 0 Å². The van der Waals surface area contributed by atoms with Crippen molar-refractivity contribution in [2.45, 2.75) is 25.5 Å². The molecule has 1 aliphatic heterocycles. The number of carbonyl (C=O) groups is 2. The molecular weight excluding hydrogens is 250 g/mol. The SMILES string of the molecule is Cc1ccc(O)c(C(=O)N2CC(O)C[C@H]2C(=O)O)c1. The first-order chi connectivity index (χ1) is 8.90. The number of carboxylic acids is 1. The number of hydrogen-bond acceptors (Lipinski definition) is 4. The summed E-state index contributed by atoms with van der Waals surface area (Å²) < 4.78 is 0. The van der Waals surface area contributed by atoms with E-state index < -0.39 is 24.0 Å². The fourth-order valence-electron chi connectivity index (χ4n) is 2.25. The van der Waals surface area contributed by atoms with Gasteiger partial charge in [0, 0.05) is 13.0 Å². The summed E-state index contributed by atoms with van der Waals surface area (Å²) in [5.74, 6) is -1.93. The molecule has 1 fully saturated rings. The number of carbonyl (C=O) groups excluding carboxylic acids is 1. The van der Waals surface area contributed by atoms with Gasteiger partial charge in [0.1, 0.15) is 11.8 Å². The molecule has 1 amide bonds. The molecule has 1 unspecified atom stereocenters. The number of aliphatic hydroxyl groups excluding tert-OH is 1. The molecule has 6 nitrogen and oxygen atoms in total. The number of aryl methyl sites for hydroxylation is 1. The zero-order valence-electron chi connectivity index (χ0n) is 10.4. The van der Waals surface area contributed by atoms with E-state index in [1.807, 2.05) is 0 Å². The minimum Gasteiger partial charge on any atom is -0.507 e. The Balaban J connectivity index is 2.33. The van der Waals surface area contributed by atoms with Gasteiger partial charge < -0.3 is 20.2 Å². The van der Waals surface area contributed by atoms with Crippen molar-refractivity contribution in [2.24, 2.45) is 0 Å². The van der Waals surface area contributed by atoms with E-state index in [2.05, 4.69) is 0 Å². The lowest BCUT2D eigenvalue weighted by atomic mass is 10.1. The number of benzene rings is 1. The van der Waals surface area contributed by atoms with Crippen molar-refractivity contribution < 1.29 is 24.9 Å². The van der Waals surface area contributed by atoms with Crippen molar-refractivity contribution >= 4 is 11.9 Å². The topological polar surface area (TPSA) is 98.1 Å². The van der Waals surface area contributed by atoms with Gasteiger partial charge in [-0.25, -0.2) is 4.79 Å². The first-order valence-corrected chi connectivity index (χ1v) is 5.91. The summed E-state index contributed by atoms with van der Waals surface area (Å²) in [6.07, 6.45) is -0.842. The molecule has 2 rings (SSSR count). The normalized spacial score (nSPS) is 22.5. The van der Waals surface area contributed by atoms with Crippen molar-refractivity contribution in [3.05, 3.63) is 29.3 Å². The summed E-state index contributed by atoms with van der Waals surface area (Å²) in [5, 5.41) is 28.3. The van der Waals surface area contributed by atoms with E-state index in [-0.39, 0.29) is 24.3 Å². The molecule has 102 valence electrons. The van der Waals surface area contributed by atoms with Crippen LogP contribution in [0.4, 0.5) is 0 Å². The number of phenolic OH excluding ortho intramolecular Hbond substituents is 1. The molecule has 6 heteroatoms. The molecule has 19 heavy (non-hydrogen) atoms. The van der Waals surface area contributed by atoms with Gasteiger partial charge in [-0.1, -0.05) is 11.6 Å². The van der Waals surface area contributed by atoms with Crippen molar-refractivity contribution in [2.75, 3.05) is 6.54 Å². The smallest absolute Gasteiger partial charge is 0.326 e. The van der Waals surface area contributed by atoms with Gasteiger partial charge in [-0.15, -0.1) is 0 Å². The number of aromatic hydroxyl groups is 1. The number of aliphatic hydroxyl groups is 1. The maximum atomic E-state index is 12.3. The molecule has 0 aliphatic carbocycles. The highest BCUT2D eigenvalue weighted by molar-refractivity contribution is 5.99. The van der Waals surface area contributed by atoms with Crippen LogP contribution in [0.3, 0.4) is 0 Å². The average Bonchev–Trinajstić information content (AvgIpc) is 2.74. The summed E-state index contributed by atoms with van der Waals surface area (Å²) in [4.78, 5) is 24.4. The number of hydrogen-bond donors (Lipinski definition) is 3. The van der Waals surface area contributed by atoms with Crippen LogP contribution in [0.15, 0.2) is 18.2 Å². The van der Waals surface area contributed by atoms with Gasteiger partial charge in [0.05, 0.1) is 11.7 Å². The largest absolute Gasteiger partial charge is 0.507 e. The van der Waals surface area contributed by atoms with E-state index in [1.54, 1.807) is 13.0 Å². The third kappa shape index (κ3) is 2.53. The quantitative estimate of drug-likeness (QED) is 0.717. The summed E-state index contributed by atoms with van der Waals surface area (Å²) in [5.41, 5.74) is 0.841. The molecule has 3 N–H and O–H groups in total. The first kappa shape index (κ1) is 13.4. The molecule has 0 radical (unpaired) electrons. The van der Waals surface area contributed by atoms with Crippen LogP contribution in [-0.4, -0.2) is 50.8 Å². The second-order valence-electron chi connectivity index (χ2n) is 4.72. The minimum atomic E-state index is -1.16. The molecule has 0 bridgehead atoms. The van der Waals surface area contributed by atoms with E-state index in [0.717, 1.165) is 10.5 Å². The van der Waals surface area contributed by atoms with Crippen LogP contribution in [0.1, 0.15) is 22.3 Å². The van der Waals surface area contributed by atoms with Crippen LogP contribution in [0.25, 0.3) is 0 Å². The molecule has 0 spiro atoms. The number of rotatable bonds is 2. The fraction of sp³-hybridized carbons (Fsp3) is 0.385. The third-order valence-electron chi connectivity index (χ3n) is 3.21. The van der Waals surface area contributed by atoms with Crippen molar-refractivity contribution in [1.29, 1.82) is 0 Å². The summed E-state index contributed by atoms with van der Waals surface area (Å²) in [6, 6.07) is 3.49. The molecule has 2 atom stereocenters. The summed E-state index contributed by atoms with van der Waals surface area (Å²) in [6.45, 7) is 1.73. The number of carboxylic acid groups (broad SMARTS) is 1. The van der Waals surface area contributed by atoms with E-state index in [1.165, 1.54) is 12.1 Å². The summed E-state index contributed by atoms with van der Waals surface area (Å²) in [7, 11) is 0. The standard InChI is InChI=1S/C13H15NO5/c1-7-2-3-11(16)9(4-7)12(17)14-6-8(15)5-10(14)13(18)19/h2-4,8,10,15-16H,5-6H2,1H3,(H,18,19)/t8?,10-/m0/s1. The number of β-amino-alcohol motifs (C(OH)–C–C–N with tert-alkyl or cyclic N) is 1. The second-order valence-corrected chi connectivity index (χ2v) is 4.72. The molecule has 1 aromatic carbocycles. The predicted molar refractivity (Wildman–Crippen MR) is 65.9 cm³/mol. The highest BCUT2D eigenvalue weighted by Crippen LogP contribution is 2.25. The van der Waals surface area contributed by atoms with E-state index in [9.17, 15) is 19.8 Å². The van der Waals surface area contributed by atoms with Crippen LogP contribution in [0.5, 0.6) is 5.75 Å². The van der Waals surface area contributed by atoms with E-state index in [4.69, 9.17) is 5.11 Å². The predicted octanol–water partition coefficient (Wildman–Crippen LogP) is 0.361. The monoisotopic (exact) mass is 265 g/mol. The van der Waals surface area contributed by atoms with Crippen LogP contribution in [0, 0.1) is 6.92 Å². The van der Waals surface area contributed by atoms with Gasteiger partial charge in [-0.05, 0) is 19.1 Å². The zero-order valence-corrected chi connectivity index (χ0v) is 10.4. The van der Waals surface area contributed by atoms with Gasteiger partial charge in [0.15, 0.2) is 0 Å². The van der Waals surface area contributed by atoms with Gasteiger partial charge in [0.25, 0.3) is 5.91 Å². The Morgan fingerprint density at radius 2 is 2.05 bits per heavy atom. The third-order valence-corrected chi connectivity index (χ3v) is 3.21. The van der Waals surface area contributed by atoms with Crippen molar-refractivity contribution in [3.63, 3.8) is 0 Å². The van der Waals surface area contributed by atoms with E-state index in [0.29, 0.717) is 0 Å². The first-order valence-electron chi connectivity index (χ1n) is 5.91. The van der Waals surface area contributed by atoms with Crippen molar-refractivity contribution in [3.8, 4) is 5.75 Å². The second kappa shape index (κ2) is 4.89. The average molecular weight is 265 g/mol. The molecular formula is C13H15NO5. The lowest BCUT2D eigenvalue weighted by Gasteiger charge is -2.21. The van der Waals surface area contributed by atoms with Crippen LogP contribution in [-0.2, 0) is 4.79 Å². The lowest BCUT2D eigenvalue weighted by molar-refractivity contribution is -0.141. The zero-order chi connectivity index (χ0) is 14.2. The lowest BCUT2D eigenvalue weighted by Crippen LogP contribution is -2.40. The molecule has 1 saturated heterocycles. The van der Waals surface area contributed by atoms with Gasteiger partial charge in [0.2, 0.25) is 0 Å². The molecule has 1 aliphatic rings. The Kier molecular flexibility index (Phi) is 3.44. The van der Waals surface area contributed by atoms with Crippen molar-refractivity contribution in [1.82, 2.24) is 4.90 Å². The fourth-order valence-corrected chi connectivity index (χ4v) is 2.25. The Morgan fingerprint density at radius 3 is 2.68 bits per heavy atom. The van der Waals surface area contributed by atoms with Gasteiger partial charge in [-0.3, -0.25) is 4.79 Å². The van der Waals surface area contributed by atoms with Gasteiger partial charge in [-0.2, -0.15) is 0 Å². The molecule has 0 saturated carbocycles. The molecule has 1 aromatic rings. The van der Waals surface area contributed by atoms with Gasteiger partial charge >= 0.3 is 5.97 Å². The summed E-state index contributed by atoms with van der Waals surface area (Å²) >= 11 is 0. The Bertz CT molecular complexity index is 528. The number of phenols is 1. The Morgan fingerprint density at radius 1 is 1.37 bits per heavy atom. The van der Waals surface area contributed by atoms with Crippen LogP contribution < -0.4 is 0 Å². The molecule has 1 heterocycles. The highest BCUT2D eigenvalue weighted by atomic mass is 16.4. The van der Waals surface area contributed by atoms with E-state index >= 15 is 0 Å². The highest BCUT2D eigenvalue weighted by Gasteiger charge is 2.39. The number of aliphatic carboxylic acids is 1. The maximum Gasteiger partial charge on any atom is 0.326 e. The van der Waals surface area contributed by atoms with Crippen LogP contribution >= 0.6 is 0 Å².